The van der Waals surface area contributed by atoms with Crippen LogP contribution < -0.4 is 34.0 Å². The Morgan fingerprint density at radius 1 is 1.06 bits per heavy atom. The van der Waals surface area contributed by atoms with Crippen molar-refractivity contribution in [1.82, 2.24) is 0 Å². The van der Waals surface area contributed by atoms with Crippen LogP contribution in [-0.2, 0) is 24.7 Å². The van der Waals surface area contributed by atoms with E-state index in [0.29, 0.717) is 0 Å². The molecule has 17 heavy (non-hydrogen) atoms. The van der Waals surface area contributed by atoms with E-state index in [1.54, 1.807) is 30.3 Å². The standard InChI is InChI=1S/C14H15.2BrH.Zr/c1-2-6-11(5-1)14-9-12-7-3-4-8-13(12)10-14;;;/h1-5,7-9,12-14H,6,10H2;2*1H;/q;;;+2/p-2. The van der Waals surface area contributed by atoms with Crippen molar-refractivity contribution in [2.24, 2.45) is 17.8 Å². The SMILES string of the molecule is [Br-].[Br-].[Zr+2][CH]1C(C2=CC=CC2)CC2C=CC=CC21. The molecule has 3 heteroatoms. The molecule has 4 unspecified atom stereocenters. The average Bonchev–Trinajstić information content (AvgIpc) is 2.87. The third-order valence-electron chi connectivity index (χ3n) is 3.95. The Kier molecular flexibility index (Phi) is 6.36. The van der Waals surface area contributed by atoms with Crippen LogP contribution in [0.5, 0.6) is 0 Å². The Morgan fingerprint density at radius 3 is 2.47 bits per heavy atom. The minimum absolute atomic E-state index is 0. The van der Waals surface area contributed by atoms with Gasteiger partial charge in [-0.05, 0) is 0 Å². The number of halogens is 2. The van der Waals surface area contributed by atoms with Crippen LogP contribution >= 0.6 is 0 Å². The van der Waals surface area contributed by atoms with Crippen LogP contribution in [0.2, 0.25) is 3.63 Å². The molecule has 0 amide bonds. The Bertz CT molecular complexity index is 382. The van der Waals surface area contributed by atoms with Gasteiger partial charge in [0.2, 0.25) is 0 Å². The summed E-state index contributed by atoms with van der Waals surface area (Å²) in [6.45, 7) is 0. The van der Waals surface area contributed by atoms with E-state index in [1.807, 2.05) is 0 Å². The summed E-state index contributed by atoms with van der Waals surface area (Å²) in [4.78, 5) is 0. The first-order valence-electron chi connectivity index (χ1n) is 5.78. The van der Waals surface area contributed by atoms with Gasteiger partial charge in [0.25, 0.3) is 0 Å². The van der Waals surface area contributed by atoms with Gasteiger partial charge in [-0.1, -0.05) is 0 Å². The second-order valence-electron chi connectivity index (χ2n) is 4.75. The van der Waals surface area contributed by atoms with E-state index in [2.05, 4.69) is 42.5 Å². The molecular weight excluding hydrogens is 419 g/mol. The van der Waals surface area contributed by atoms with E-state index >= 15 is 0 Å². The van der Waals surface area contributed by atoms with Crippen molar-refractivity contribution in [1.29, 1.82) is 0 Å². The first kappa shape index (κ1) is 15.9. The van der Waals surface area contributed by atoms with E-state index in [4.69, 9.17) is 0 Å². The summed E-state index contributed by atoms with van der Waals surface area (Å²) in [5.74, 6) is 2.52. The first-order chi connectivity index (χ1) is 7.36. The summed E-state index contributed by atoms with van der Waals surface area (Å²) >= 11 is 1.72. The summed E-state index contributed by atoms with van der Waals surface area (Å²) in [7, 11) is 0. The number of rotatable bonds is 1. The predicted molar refractivity (Wildman–Crippen MR) is 59.0 cm³/mol. The number of hydrogen-bond acceptors (Lipinski definition) is 0. The van der Waals surface area contributed by atoms with Gasteiger partial charge in [-0.3, -0.25) is 0 Å². The third kappa shape index (κ3) is 3.04. The van der Waals surface area contributed by atoms with Crippen LogP contribution in [0.3, 0.4) is 0 Å². The molecule has 0 spiro atoms. The second kappa shape index (κ2) is 6.82. The molecule has 1 fully saturated rings. The number of allylic oxidation sites excluding steroid dienone is 8. The van der Waals surface area contributed by atoms with Gasteiger partial charge in [-0.2, -0.15) is 0 Å². The molecule has 0 nitrogen and oxygen atoms in total. The summed E-state index contributed by atoms with van der Waals surface area (Å²) in [5, 5.41) is 0. The summed E-state index contributed by atoms with van der Waals surface area (Å²) < 4.78 is 0.912. The van der Waals surface area contributed by atoms with E-state index in [1.165, 1.54) is 12.8 Å². The summed E-state index contributed by atoms with van der Waals surface area (Å²) in [6, 6.07) is 0. The molecule has 0 aromatic carbocycles. The molecular formula is C14H15Br2Zr. The maximum atomic E-state index is 2.44. The van der Waals surface area contributed by atoms with Crippen molar-refractivity contribution in [3.8, 4) is 0 Å². The van der Waals surface area contributed by atoms with Crippen LogP contribution in [0.1, 0.15) is 12.8 Å². The van der Waals surface area contributed by atoms with Crippen molar-refractivity contribution in [2.75, 3.05) is 0 Å². The molecule has 0 heterocycles. The molecule has 0 aromatic rings. The Hall–Kier alpha value is 0.803. The van der Waals surface area contributed by atoms with Crippen molar-refractivity contribution < 1.29 is 58.7 Å². The van der Waals surface area contributed by atoms with Gasteiger partial charge in [0.05, 0.1) is 0 Å². The predicted octanol–water partition coefficient (Wildman–Crippen LogP) is -2.41. The van der Waals surface area contributed by atoms with E-state index in [0.717, 1.165) is 21.4 Å². The van der Waals surface area contributed by atoms with Crippen molar-refractivity contribution >= 4 is 0 Å². The molecule has 89 valence electrons. The molecule has 3 rings (SSSR count). The average molecular weight is 434 g/mol. The quantitative estimate of drug-likeness (QED) is 0.432. The molecule has 0 aliphatic heterocycles. The Morgan fingerprint density at radius 2 is 1.82 bits per heavy atom. The molecule has 0 radical (unpaired) electrons. The van der Waals surface area contributed by atoms with Gasteiger partial charge in [0.15, 0.2) is 0 Å². The van der Waals surface area contributed by atoms with Crippen molar-refractivity contribution in [3.05, 3.63) is 48.1 Å². The molecule has 0 aromatic heterocycles. The fraction of sp³-hybridized carbons (Fsp3) is 0.429. The zero-order chi connectivity index (χ0) is 10.3. The van der Waals surface area contributed by atoms with E-state index < -0.39 is 0 Å². The molecule has 4 atom stereocenters. The normalized spacial score (nSPS) is 37.2. The molecule has 0 bridgehead atoms. The maximum absolute atomic E-state index is 2.44. The molecule has 0 saturated heterocycles. The third-order valence-corrected chi connectivity index (χ3v) is 5.88. The first-order valence-corrected chi connectivity index (χ1v) is 7.20. The van der Waals surface area contributed by atoms with Gasteiger partial charge in [0, 0.05) is 0 Å². The van der Waals surface area contributed by atoms with Gasteiger partial charge >= 0.3 is 107 Å². The van der Waals surface area contributed by atoms with Crippen LogP contribution in [0.15, 0.2) is 48.1 Å². The van der Waals surface area contributed by atoms with Gasteiger partial charge < -0.3 is 34.0 Å². The summed E-state index contributed by atoms with van der Waals surface area (Å²) in [5.41, 5.74) is 1.69. The number of fused-ring (bicyclic) bond motifs is 1. The van der Waals surface area contributed by atoms with Gasteiger partial charge in [-0.15, -0.1) is 0 Å². The van der Waals surface area contributed by atoms with Crippen LogP contribution in [0.25, 0.3) is 0 Å². The van der Waals surface area contributed by atoms with Crippen LogP contribution in [0, 0.1) is 17.8 Å². The van der Waals surface area contributed by atoms with Crippen LogP contribution in [-0.4, -0.2) is 0 Å². The minimum atomic E-state index is 0. The van der Waals surface area contributed by atoms with Gasteiger partial charge in [-0.25, -0.2) is 0 Å². The summed E-state index contributed by atoms with van der Waals surface area (Å²) in [6.07, 6.45) is 18.8. The second-order valence-corrected chi connectivity index (χ2v) is 6.39. The molecule has 3 aliphatic carbocycles. The monoisotopic (exact) mass is 431 g/mol. The Labute approximate surface area is 140 Å². The molecule has 1 saturated carbocycles. The van der Waals surface area contributed by atoms with Gasteiger partial charge in [0.1, 0.15) is 0 Å². The fourth-order valence-corrected chi connectivity index (χ4v) is 4.86. The molecule has 0 N–H and O–H groups in total. The van der Waals surface area contributed by atoms with E-state index in [-0.39, 0.29) is 34.0 Å². The Balaban J connectivity index is 0.000000722. The fourth-order valence-electron chi connectivity index (χ4n) is 3.12. The van der Waals surface area contributed by atoms with Crippen molar-refractivity contribution in [2.45, 2.75) is 16.5 Å². The zero-order valence-corrected chi connectivity index (χ0v) is 15.2. The topological polar surface area (TPSA) is 0 Å². The zero-order valence-electron chi connectivity index (χ0n) is 9.52. The van der Waals surface area contributed by atoms with Crippen LogP contribution in [0.4, 0.5) is 0 Å². The van der Waals surface area contributed by atoms with E-state index in [9.17, 15) is 0 Å². The number of hydrogen-bond donors (Lipinski definition) is 0. The van der Waals surface area contributed by atoms with Crippen molar-refractivity contribution in [3.63, 3.8) is 0 Å². The molecule has 3 aliphatic rings.